The molecule has 0 aliphatic rings. The Morgan fingerprint density at radius 2 is 2.47 bits per heavy atom. The summed E-state index contributed by atoms with van der Waals surface area (Å²) in [7, 11) is 1.41. The number of aromatic nitrogens is 2. The van der Waals surface area contributed by atoms with E-state index in [0.717, 1.165) is 18.1 Å². The molecule has 0 aliphatic carbocycles. The van der Waals surface area contributed by atoms with Crippen molar-refractivity contribution in [1.29, 1.82) is 0 Å². The molecule has 1 unspecified atom stereocenters. The third kappa shape index (κ3) is 4.05. The number of thioether (sulfide) groups is 1. The zero-order valence-corrected chi connectivity index (χ0v) is 11.3. The fraction of sp³-hybridized carbons (Fsp3) is 0.636. The normalized spacial score (nSPS) is 14.3. The lowest BCUT2D eigenvalue weighted by Crippen LogP contribution is -2.52. The van der Waals surface area contributed by atoms with Gasteiger partial charge in [0.1, 0.15) is 5.54 Å². The van der Waals surface area contributed by atoms with Gasteiger partial charge in [0.05, 0.1) is 7.11 Å². The van der Waals surface area contributed by atoms with Crippen molar-refractivity contribution in [2.75, 3.05) is 19.4 Å². The lowest BCUT2D eigenvalue weighted by molar-refractivity contribution is -0.146. The van der Waals surface area contributed by atoms with Crippen LogP contribution in [-0.4, -0.2) is 40.9 Å². The number of aromatic amines is 1. The molecule has 0 spiro atoms. The fourth-order valence-electron chi connectivity index (χ4n) is 1.35. The number of esters is 1. The minimum absolute atomic E-state index is 0.245. The summed E-state index contributed by atoms with van der Waals surface area (Å²) in [6, 6.07) is 0. The third-order valence-corrected chi connectivity index (χ3v) is 3.59. The Labute approximate surface area is 106 Å². The molecule has 17 heavy (non-hydrogen) atoms. The van der Waals surface area contributed by atoms with Gasteiger partial charge in [-0.05, 0) is 19.9 Å². The van der Waals surface area contributed by atoms with E-state index in [0.29, 0.717) is 5.75 Å². The van der Waals surface area contributed by atoms with Crippen LogP contribution in [0.25, 0.3) is 0 Å². The first-order chi connectivity index (χ1) is 8.12. The van der Waals surface area contributed by atoms with Crippen molar-refractivity contribution >= 4 is 17.7 Å². The van der Waals surface area contributed by atoms with E-state index < -0.39 is 5.54 Å². The van der Waals surface area contributed by atoms with Crippen molar-refractivity contribution in [3.05, 3.63) is 12.4 Å². The Kier molecular flexibility index (Phi) is 5.50. The van der Waals surface area contributed by atoms with Crippen LogP contribution in [0.4, 0.5) is 0 Å². The largest absolute Gasteiger partial charge is 0.468 e. The van der Waals surface area contributed by atoms with Gasteiger partial charge in [0, 0.05) is 18.1 Å². The van der Waals surface area contributed by atoms with Gasteiger partial charge in [-0.15, -0.1) is 0 Å². The molecule has 5 nitrogen and oxygen atoms in total. The summed E-state index contributed by atoms with van der Waals surface area (Å²) in [5.74, 6) is 0.331. The van der Waals surface area contributed by atoms with Crippen LogP contribution >= 0.6 is 11.8 Å². The second-order valence-electron chi connectivity index (χ2n) is 3.93. The lowest BCUT2D eigenvalue weighted by Gasteiger charge is -2.27. The minimum atomic E-state index is -0.678. The molecule has 96 valence electrons. The molecule has 1 aromatic rings. The predicted molar refractivity (Wildman–Crippen MR) is 68.0 cm³/mol. The highest BCUT2D eigenvalue weighted by molar-refractivity contribution is 7.99. The molecule has 0 amide bonds. The van der Waals surface area contributed by atoms with Crippen LogP contribution in [0.15, 0.2) is 17.6 Å². The van der Waals surface area contributed by atoms with Gasteiger partial charge in [-0.1, -0.05) is 18.7 Å². The number of imidazole rings is 1. The van der Waals surface area contributed by atoms with Gasteiger partial charge in [0.2, 0.25) is 0 Å². The summed E-state index contributed by atoms with van der Waals surface area (Å²) in [6.45, 7) is 4.69. The van der Waals surface area contributed by atoms with Crippen molar-refractivity contribution in [2.45, 2.75) is 31.0 Å². The molecule has 1 heterocycles. The van der Waals surface area contributed by atoms with E-state index in [2.05, 4.69) is 22.2 Å². The molecule has 1 rings (SSSR count). The van der Waals surface area contributed by atoms with Crippen molar-refractivity contribution in [1.82, 2.24) is 15.3 Å². The Balaban J connectivity index is 2.59. The Morgan fingerprint density at radius 1 is 1.71 bits per heavy atom. The first kappa shape index (κ1) is 14.1. The summed E-state index contributed by atoms with van der Waals surface area (Å²) in [6.07, 6.45) is 4.42. The van der Waals surface area contributed by atoms with Crippen LogP contribution < -0.4 is 5.32 Å². The molecular weight excluding hydrogens is 238 g/mol. The van der Waals surface area contributed by atoms with Gasteiger partial charge in [-0.2, -0.15) is 0 Å². The van der Waals surface area contributed by atoms with E-state index in [1.807, 2.05) is 6.92 Å². The number of H-pyrrole nitrogens is 1. The average molecular weight is 257 g/mol. The molecule has 0 aromatic carbocycles. The number of methoxy groups -OCH3 is 1. The first-order valence-electron chi connectivity index (χ1n) is 5.58. The molecule has 0 fully saturated rings. The molecule has 1 aromatic heterocycles. The maximum atomic E-state index is 11.8. The maximum Gasteiger partial charge on any atom is 0.326 e. The molecule has 0 radical (unpaired) electrons. The molecule has 0 saturated carbocycles. The Hall–Kier alpha value is -1.01. The average Bonchev–Trinajstić information content (AvgIpc) is 2.86. The van der Waals surface area contributed by atoms with Crippen LogP contribution in [0, 0.1) is 0 Å². The number of carbonyl (C=O) groups is 1. The van der Waals surface area contributed by atoms with Crippen molar-refractivity contribution < 1.29 is 9.53 Å². The molecule has 2 N–H and O–H groups in total. The summed E-state index contributed by atoms with van der Waals surface area (Å²) in [5, 5.41) is 4.03. The van der Waals surface area contributed by atoms with Crippen LogP contribution in [-0.2, 0) is 9.53 Å². The summed E-state index contributed by atoms with van der Waals surface area (Å²) >= 11 is 1.50. The van der Waals surface area contributed by atoms with Crippen LogP contribution in [0.5, 0.6) is 0 Å². The molecule has 0 bridgehead atoms. The molecular formula is C11H19N3O2S. The van der Waals surface area contributed by atoms with Gasteiger partial charge in [-0.3, -0.25) is 4.79 Å². The highest BCUT2D eigenvalue weighted by Crippen LogP contribution is 2.20. The number of nitrogens with one attached hydrogen (secondary N) is 2. The SMILES string of the molecule is CCCNC(C)(CSc1ncc[nH]1)C(=O)OC. The number of carbonyl (C=O) groups excluding carboxylic acids is 1. The molecule has 6 heteroatoms. The standard InChI is InChI=1S/C11H19N3O2S/c1-4-5-14-11(2,9(15)16-3)8-17-10-12-6-7-13-10/h6-7,14H,4-5,8H2,1-3H3,(H,12,13). The monoisotopic (exact) mass is 257 g/mol. The fourth-order valence-corrected chi connectivity index (χ4v) is 2.28. The van der Waals surface area contributed by atoms with E-state index in [1.165, 1.54) is 18.9 Å². The van der Waals surface area contributed by atoms with Gasteiger partial charge in [-0.25, -0.2) is 4.98 Å². The molecule has 0 aliphatic heterocycles. The van der Waals surface area contributed by atoms with Crippen molar-refractivity contribution in [3.8, 4) is 0 Å². The van der Waals surface area contributed by atoms with Crippen LogP contribution in [0.1, 0.15) is 20.3 Å². The highest BCUT2D eigenvalue weighted by atomic mass is 32.2. The smallest absolute Gasteiger partial charge is 0.326 e. The lowest BCUT2D eigenvalue weighted by atomic mass is 10.1. The first-order valence-corrected chi connectivity index (χ1v) is 6.56. The van der Waals surface area contributed by atoms with Gasteiger partial charge < -0.3 is 15.0 Å². The zero-order valence-electron chi connectivity index (χ0n) is 10.4. The van der Waals surface area contributed by atoms with E-state index in [9.17, 15) is 4.79 Å². The van der Waals surface area contributed by atoms with Crippen LogP contribution in [0.3, 0.4) is 0 Å². The van der Waals surface area contributed by atoms with Crippen LogP contribution in [0.2, 0.25) is 0 Å². The Bertz CT molecular complexity index is 342. The van der Waals surface area contributed by atoms with E-state index >= 15 is 0 Å². The maximum absolute atomic E-state index is 11.8. The number of rotatable bonds is 7. The summed E-state index contributed by atoms with van der Waals surface area (Å²) < 4.78 is 4.84. The quantitative estimate of drug-likeness (QED) is 0.571. The number of hydrogen-bond acceptors (Lipinski definition) is 5. The topological polar surface area (TPSA) is 67.0 Å². The van der Waals surface area contributed by atoms with E-state index in [1.54, 1.807) is 12.4 Å². The zero-order chi connectivity index (χ0) is 12.7. The third-order valence-electron chi connectivity index (χ3n) is 2.37. The minimum Gasteiger partial charge on any atom is -0.468 e. The molecule has 1 atom stereocenters. The molecule has 0 saturated heterocycles. The van der Waals surface area contributed by atoms with E-state index in [4.69, 9.17) is 4.74 Å². The summed E-state index contributed by atoms with van der Waals surface area (Å²) in [5.41, 5.74) is -0.678. The van der Waals surface area contributed by atoms with E-state index in [-0.39, 0.29) is 5.97 Å². The van der Waals surface area contributed by atoms with Gasteiger partial charge >= 0.3 is 5.97 Å². The van der Waals surface area contributed by atoms with Crippen molar-refractivity contribution in [3.63, 3.8) is 0 Å². The second kappa shape index (κ2) is 6.66. The number of hydrogen-bond donors (Lipinski definition) is 2. The van der Waals surface area contributed by atoms with Gasteiger partial charge in [0.25, 0.3) is 0 Å². The van der Waals surface area contributed by atoms with Gasteiger partial charge in [0.15, 0.2) is 5.16 Å². The number of nitrogens with zero attached hydrogens (tertiary/aromatic N) is 1. The van der Waals surface area contributed by atoms with Crippen molar-refractivity contribution in [2.24, 2.45) is 0 Å². The number of ether oxygens (including phenoxy) is 1. The Morgan fingerprint density at radius 3 is 3.00 bits per heavy atom. The highest BCUT2D eigenvalue weighted by Gasteiger charge is 2.33. The summed E-state index contributed by atoms with van der Waals surface area (Å²) in [4.78, 5) is 18.9. The predicted octanol–water partition coefficient (Wildman–Crippen LogP) is 1.43. The second-order valence-corrected chi connectivity index (χ2v) is 4.90.